The lowest BCUT2D eigenvalue weighted by Gasteiger charge is -2.04. The van der Waals surface area contributed by atoms with Crippen LogP contribution in [-0.2, 0) is 6.42 Å². The highest BCUT2D eigenvalue weighted by Gasteiger charge is 2.07. The molecule has 0 aliphatic carbocycles. The lowest BCUT2D eigenvalue weighted by Crippen LogP contribution is -2.18. The molecule has 3 heteroatoms. The molecule has 0 unspecified atom stereocenters. The van der Waals surface area contributed by atoms with Crippen molar-refractivity contribution in [2.24, 2.45) is 0 Å². The molecule has 0 bridgehead atoms. The first-order chi connectivity index (χ1) is 10.7. The van der Waals surface area contributed by atoms with Crippen LogP contribution in [0.4, 0.5) is 0 Å². The second kappa shape index (κ2) is 9.06. The molecule has 0 spiro atoms. The van der Waals surface area contributed by atoms with Gasteiger partial charge in [0.15, 0.2) is 0 Å². The second-order valence-electron chi connectivity index (χ2n) is 6.01. The van der Waals surface area contributed by atoms with Gasteiger partial charge in [0, 0.05) is 23.9 Å². The highest BCUT2D eigenvalue weighted by Crippen LogP contribution is 2.25. The summed E-state index contributed by atoms with van der Waals surface area (Å²) in [6.07, 6.45) is 6.33. The summed E-state index contributed by atoms with van der Waals surface area (Å²) in [5.74, 6) is 0. The minimum Gasteiger partial charge on any atom is -0.316 e. The van der Waals surface area contributed by atoms with Gasteiger partial charge < -0.3 is 5.32 Å². The van der Waals surface area contributed by atoms with E-state index < -0.39 is 0 Å². The zero-order valence-corrected chi connectivity index (χ0v) is 14.9. The molecular formula is C19H28N2S. The van der Waals surface area contributed by atoms with E-state index in [2.05, 4.69) is 49.7 Å². The SMILES string of the molecule is CCCCCCNCCc1nc(-c2ccc(C)cc2C)cs1. The predicted octanol–water partition coefficient (Wildman–Crippen LogP) is 5.14. The van der Waals surface area contributed by atoms with Crippen LogP contribution in [0.25, 0.3) is 11.3 Å². The molecule has 0 aliphatic heterocycles. The largest absolute Gasteiger partial charge is 0.316 e. The van der Waals surface area contributed by atoms with Crippen molar-refractivity contribution in [3.8, 4) is 11.3 Å². The molecule has 22 heavy (non-hydrogen) atoms. The maximum atomic E-state index is 4.80. The van der Waals surface area contributed by atoms with Crippen LogP contribution in [0.2, 0.25) is 0 Å². The first-order valence-electron chi connectivity index (χ1n) is 8.43. The minimum absolute atomic E-state index is 1.03. The smallest absolute Gasteiger partial charge is 0.0945 e. The van der Waals surface area contributed by atoms with Crippen LogP contribution >= 0.6 is 11.3 Å². The summed E-state index contributed by atoms with van der Waals surface area (Å²) >= 11 is 1.78. The van der Waals surface area contributed by atoms with Gasteiger partial charge in [-0.2, -0.15) is 0 Å². The van der Waals surface area contributed by atoms with E-state index in [1.54, 1.807) is 11.3 Å². The summed E-state index contributed by atoms with van der Waals surface area (Å²) in [5, 5.41) is 6.95. The quantitative estimate of drug-likeness (QED) is 0.648. The van der Waals surface area contributed by atoms with Gasteiger partial charge in [-0.3, -0.25) is 0 Å². The van der Waals surface area contributed by atoms with Gasteiger partial charge in [-0.05, 0) is 32.4 Å². The number of aromatic nitrogens is 1. The summed E-state index contributed by atoms with van der Waals surface area (Å²) in [4.78, 5) is 4.80. The number of hydrogen-bond acceptors (Lipinski definition) is 3. The average molecular weight is 317 g/mol. The van der Waals surface area contributed by atoms with E-state index in [1.165, 1.54) is 47.4 Å². The molecule has 0 fully saturated rings. The molecule has 1 N–H and O–H groups in total. The molecule has 1 heterocycles. The van der Waals surface area contributed by atoms with Crippen molar-refractivity contribution in [3.05, 3.63) is 39.7 Å². The molecule has 0 aliphatic rings. The van der Waals surface area contributed by atoms with Crippen molar-refractivity contribution in [3.63, 3.8) is 0 Å². The summed E-state index contributed by atoms with van der Waals surface area (Å²) in [5.41, 5.74) is 5.01. The number of thiazole rings is 1. The third-order valence-electron chi connectivity index (χ3n) is 3.93. The van der Waals surface area contributed by atoms with Crippen LogP contribution in [0, 0.1) is 13.8 Å². The molecule has 0 saturated carbocycles. The number of nitrogens with zero attached hydrogens (tertiary/aromatic N) is 1. The third kappa shape index (κ3) is 5.22. The molecule has 0 saturated heterocycles. The molecular weight excluding hydrogens is 288 g/mol. The Morgan fingerprint density at radius 1 is 1.09 bits per heavy atom. The van der Waals surface area contributed by atoms with Crippen LogP contribution in [-0.4, -0.2) is 18.1 Å². The van der Waals surface area contributed by atoms with E-state index in [-0.39, 0.29) is 0 Å². The van der Waals surface area contributed by atoms with Crippen LogP contribution in [0.5, 0.6) is 0 Å². The van der Waals surface area contributed by atoms with Crippen LogP contribution < -0.4 is 5.32 Å². The maximum Gasteiger partial charge on any atom is 0.0945 e. The first-order valence-corrected chi connectivity index (χ1v) is 9.31. The number of benzene rings is 1. The van der Waals surface area contributed by atoms with Gasteiger partial charge in [-0.1, -0.05) is 49.9 Å². The predicted molar refractivity (Wildman–Crippen MR) is 97.7 cm³/mol. The number of rotatable bonds is 9. The lowest BCUT2D eigenvalue weighted by atomic mass is 10.0. The fourth-order valence-corrected chi connectivity index (χ4v) is 3.45. The van der Waals surface area contributed by atoms with Crippen LogP contribution in [0.1, 0.15) is 48.7 Å². The Bertz CT molecular complexity index is 575. The van der Waals surface area contributed by atoms with Gasteiger partial charge in [0.2, 0.25) is 0 Å². The third-order valence-corrected chi connectivity index (χ3v) is 4.84. The Kier molecular flexibility index (Phi) is 7.07. The molecule has 2 rings (SSSR count). The Labute approximate surface area is 139 Å². The summed E-state index contributed by atoms with van der Waals surface area (Å²) in [6.45, 7) is 8.72. The number of hydrogen-bond donors (Lipinski definition) is 1. The van der Waals surface area contributed by atoms with Crippen molar-refractivity contribution < 1.29 is 0 Å². The molecule has 120 valence electrons. The number of nitrogens with one attached hydrogen (secondary N) is 1. The van der Waals surface area contributed by atoms with E-state index in [0.717, 1.165) is 25.2 Å². The topological polar surface area (TPSA) is 24.9 Å². The van der Waals surface area contributed by atoms with Crippen molar-refractivity contribution >= 4 is 11.3 Å². The van der Waals surface area contributed by atoms with Gasteiger partial charge in [0.1, 0.15) is 0 Å². The number of aryl methyl sites for hydroxylation is 2. The molecule has 0 radical (unpaired) electrons. The second-order valence-corrected chi connectivity index (χ2v) is 6.95. The Morgan fingerprint density at radius 3 is 2.73 bits per heavy atom. The fraction of sp³-hybridized carbons (Fsp3) is 0.526. The van der Waals surface area contributed by atoms with Gasteiger partial charge in [0.05, 0.1) is 10.7 Å². The summed E-state index contributed by atoms with van der Waals surface area (Å²) in [7, 11) is 0. The highest BCUT2D eigenvalue weighted by atomic mass is 32.1. The van der Waals surface area contributed by atoms with Gasteiger partial charge in [0.25, 0.3) is 0 Å². The molecule has 1 aromatic heterocycles. The van der Waals surface area contributed by atoms with Gasteiger partial charge in [-0.25, -0.2) is 4.98 Å². The highest BCUT2D eigenvalue weighted by molar-refractivity contribution is 7.09. The van der Waals surface area contributed by atoms with Gasteiger partial charge >= 0.3 is 0 Å². The van der Waals surface area contributed by atoms with E-state index in [4.69, 9.17) is 4.98 Å². The first kappa shape index (κ1) is 17.2. The summed E-state index contributed by atoms with van der Waals surface area (Å²) in [6, 6.07) is 6.58. The van der Waals surface area contributed by atoms with Crippen molar-refractivity contribution in [1.29, 1.82) is 0 Å². The molecule has 2 nitrogen and oxygen atoms in total. The monoisotopic (exact) mass is 316 g/mol. The molecule has 0 amide bonds. The Hall–Kier alpha value is -1.19. The Balaban J connectivity index is 1.79. The fourth-order valence-electron chi connectivity index (χ4n) is 2.65. The minimum atomic E-state index is 1.03. The standard InChI is InChI=1S/C19H28N2S/c1-4-5-6-7-11-20-12-10-19-21-18(14-22-19)17-9-8-15(2)13-16(17)3/h8-9,13-14,20H,4-7,10-12H2,1-3H3. The maximum absolute atomic E-state index is 4.80. The van der Waals surface area contributed by atoms with E-state index in [9.17, 15) is 0 Å². The summed E-state index contributed by atoms with van der Waals surface area (Å²) < 4.78 is 0. The van der Waals surface area contributed by atoms with Crippen molar-refractivity contribution in [1.82, 2.24) is 10.3 Å². The number of unbranched alkanes of at least 4 members (excludes halogenated alkanes) is 3. The van der Waals surface area contributed by atoms with E-state index in [1.807, 2.05) is 0 Å². The molecule has 0 atom stereocenters. The molecule has 2 aromatic rings. The van der Waals surface area contributed by atoms with Crippen LogP contribution in [0.15, 0.2) is 23.6 Å². The zero-order valence-electron chi connectivity index (χ0n) is 14.1. The zero-order chi connectivity index (χ0) is 15.8. The lowest BCUT2D eigenvalue weighted by molar-refractivity contribution is 0.598. The Morgan fingerprint density at radius 2 is 1.95 bits per heavy atom. The normalized spacial score (nSPS) is 11.0. The van der Waals surface area contributed by atoms with Gasteiger partial charge in [-0.15, -0.1) is 11.3 Å². The van der Waals surface area contributed by atoms with Crippen LogP contribution in [0.3, 0.4) is 0 Å². The van der Waals surface area contributed by atoms with E-state index >= 15 is 0 Å². The van der Waals surface area contributed by atoms with Crippen molar-refractivity contribution in [2.45, 2.75) is 52.9 Å². The average Bonchev–Trinajstić information content (AvgIpc) is 2.95. The van der Waals surface area contributed by atoms with E-state index in [0.29, 0.717) is 0 Å². The van der Waals surface area contributed by atoms with Crippen molar-refractivity contribution in [2.75, 3.05) is 13.1 Å². The molecule has 1 aromatic carbocycles.